The third-order valence-electron chi connectivity index (χ3n) is 2.13. The molecule has 0 radical (unpaired) electrons. The first-order chi connectivity index (χ1) is 8.34. The molecule has 18 heavy (non-hydrogen) atoms. The van der Waals surface area contributed by atoms with Gasteiger partial charge in [-0.3, -0.25) is 4.79 Å². The minimum Gasteiger partial charge on any atom is -0.484 e. The number of hydrogen-bond acceptors (Lipinski definition) is 3. The van der Waals surface area contributed by atoms with Crippen molar-refractivity contribution in [3.8, 4) is 5.75 Å². The van der Waals surface area contributed by atoms with Crippen molar-refractivity contribution < 1.29 is 14.6 Å². The zero-order chi connectivity index (χ0) is 13.8. The van der Waals surface area contributed by atoms with E-state index in [-0.39, 0.29) is 19.1 Å². The molecule has 0 fully saturated rings. The number of aliphatic hydroxyl groups excluding tert-OH is 1. The van der Waals surface area contributed by atoms with Crippen molar-refractivity contribution in [1.82, 2.24) is 5.32 Å². The van der Waals surface area contributed by atoms with Gasteiger partial charge in [0.15, 0.2) is 6.61 Å². The minimum atomic E-state index is -0.669. The highest BCUT2D eigenvalue weighted by Crippen LogP contribution is 2.26. The van der Waals surface area contributed by atoms with Gasteiger partial charge in [-0.15, -0.1) is 0 Å². The predicted molar refractivity (Wildman–Crippen MR) is 71.3 cm³/mol. The number of hydrogen-bond donors (Lipinski definition) is 2. The van der Waals surface area contributed by atoms with Gasteiger partial charge in [0.2, 0.25) is 0 Å². The highest BCUT2D eigenvalue weighted by molar-refractivity contribution is 6.42. The fourth-order valence-electron chi connectivity index (χ4n) is 1.17. The van der Waals surface area contributed by atoms with Crippen LogP contribution in [-0.4, -0.2) is 29.8 Å². The molecule has 0 aromatic heterocycles. The van der Waals surface area contributed by atoms with Crippen LogP contribution in [0.4, 0.5) is 0 Å². The van der Waals surface area contributed by atoms with E-state index in [1.54, 1.807) is 26.0 Å². The normalized spacial score (nSPS) is 11.2. The second kappa shape index (κ2) is 6.27. The Balaban J connectivity index is 2.50. The van der Waals surface area contributed by atoms with Crippen molar-refractivity contribution in [3.63, 3.8) is 0 Å². The molecule has 4 nitrogen and oxygen atoms in total. The van der Waals surface area contributed by atoms with E-state index >= 15 is 0 Å². The maximum Gasteiger partial charge on any atom is 0.258 e. The molecule has 0 saturated carbocycles. The lowest BCUT2D eigenvalue weighted by Crippen LogP contribution is -2.48. The van der Waals surface area contributed by atoms with E-state index in [0.29, 0.717) is 15.8 Å². The predicted octanol–water partition coefficient (Wildman–Crippen LogP) is 2.26. The lowest BCUT2D eigenvalue weighted by atomic mass is 10.1. The molecule has 6 heteroatoms. The van der Waals surface area contributed by atoms with Crippen molar-refractivity contribution in [2.24, 2.45) is 0 Å². The Labute approximate surface area is 116 Å². The van der Waals surface area contributed by atoms with Crippen molar-refractivity contribution >= 4 is 29.1 Å². The molecule has 1 aromatic rings. The number of carbonyl (C=O) groups excluding carboxylic acids is 1. The van der Waals surface area contributed by atoms with Gasteiger partial charge in [-0.2, -0.15) is 0 Å². The van der Waals surface area contributed by atoms with Crippen LogP contribution in [0.1, 0.15) is 13.8 Å². The summed E-state index contributed by atoms with van der Waals surface area (Å²) in [5.74, 6) is 0.140. The molecule has 0 saturated heterocycles. The molecular formula is C12H15Cl2NO3. The van der Waals surface area contributed by atoms with E-state index in [2.05, 4.69) is 5.32 Å². The summed E-state index contributed by atoms with van der Waals surface area (Å²) in [6.45, 7) is 3.13. The first kappa shape index (κ1) is 15.1. The first-order valence-corrected chi connectivity index (χ1v) is 6.09. The second-order valence-corrected chi connectivity index (χ2v) is 5.27. The second-order valence-electron chi connectivity index (χ2n) is 4.45. The maximum absolute atomic E-state index is 11.5. The van der Waals surface area contributed by atoms with Gasteiger partial charge in [-0.05, 0) is 26.0 Å². The monoisotopic (exact) mass is 291 g/mol. The molecule has 0 atom stereocenters. The van der Waals surface area contributed by atoms with Crippen molar-refractivity contribution in [3.05, 3.63) is 28.2 Å². The van der Waals surface area contributed by atoms with Crippen LogP contribution < -0.4 is 10.1 Å². The summed E-state index contributed by atoms with van der Waals surface area (Å²) in [5, 5.41) is 12.4. The van der Waals surface area contributed by atoms with Gasteiger partial charge in [-0.25, -0.2) is 0 Å². The Morgan fingerprint density at radius 2 is 2.06 bits per heavy atom. The van der Waals surface area contributed by atoms with Crippen LogP contribution in [0.15, 0.2) is 18.2 Å². The van der Waals surface area contributed by atoms with Crippen LogP contribution >= 0.6 is 23.2 Å². The molecule has 0 unspecified atom stereocenters. The summed E-state index contributed by atoms with van der Waals surface area (Å²) < 4.78 is 5.26. The van der Waals surface area contributed by atoms with Gasteiger partial charge in [-0.1, -0.05) is 23.2 Å². The fourth-order valence-corrected chi connectivity index (χ4v) is 1.46. The number of rotatable bonds is 5. The number of carbonyl (C=O) groups is 1. The van der Waals surface area contributed by atoms with Crippen LogP contribution in [0.5, 0.6) is 5.75 Å². The van der Waals surface area contributed by atoms with E-state index in [1.165, 1.54) is 6.07 Å². The van der Waals surface area contributed by atoms with Gasteiger partial charge in [0.1, 0.15) is 5.75 Å². The topological polar surface area (TPSA) is 58.6 Å². The maximum atomic E-state index is 11.5. The molecule has 0 aliphatic heterocycles. The zero-order valence-electron chi connectivity index (χ0n) is 10.2. The summed E-state index contributed by atoms with van der Waals surface area (Å²) in [5.41, 5.74) is -0.669. The largest absolute Gasteiger partial charge is 0.484 e. The zero-order valence-corrected chi connectivity index (χ0v) is 11.7. The Morgan fingerprint density at radius 1 is 1.39 bits per heavy atom. The number of amides is 1. The molecule has 0 bridgehead atoms. The van der Waals surface area contributed by atoms with Crippen LogP contribution in [0.3, 0.4) is 0 Å². The smallest absolute Gasteiger partial charge is 0.258 e. The van der Waals surface area contributed by atoms with Crippen LogP contribution in [-0.2, 0) is 4.79 Å². The molecule has 100 valence electrons. The minimum absolute atomic E-state index is 0.147. The lowest BCUT2D eigenvalue weighted by Gasteiger charge is -2.23. The molecule has 1 rings (SSSR count). The number of ether oxygens (including phenoxy) is 1. The first-order valence-electron chi connectivity index (χ1n) is 5.34. The average Bonchev–Trinajstić information content (AvgIpc) is 2.30. The summed E-state index contributed by atoms with van der Waals surface area (Å²) >= 11 is 11.6. The number of halogens is 2. The fraction of sp³-hybridized carbons (Fsp3) is 0.417. The SMILES string of the molecule is CC(C)(CO)NC(=O)COc1ccc(Cl)c(Cl)c1. The Kier molecular flexibility index (Phi) is 5.26. The molecule has 0 spiro atoms. The summed E-state index contributed by atoms with van der Waals surface area (Å²) in [4.78, 5) is 11.5. The van der Waals surface area contributed by atoms with Crippen molar-refractivity contribution in [1.29, 1.82) is 0 Å². The van der Waals surface area contributed by atoms with E-state index in [1.807, 2.05) is 0 Å². The number of nitrogens with one attached hydrogen (secondary N) is 1. The molecule has 1 aromatic carbocycles. The molecule has 2 N–H and O–H groups in total. The summed E-state index contributed by atoms with van der Waals surface area (Å²) in [7, 11) is 0. The molecule has 0 heterocycles. The van der Waals surface area contributed by atoms with Crippen molar-refractivity contribution in [2.45, 2.75) is 19.4 Å². The molecule has 0 aliphatic rings. The molecular weight excluding hydrogens is 277 g/mol. The van der Waals surface area contributed by atoms with Crippen LogP contribution in [0, 0.1) is 0 Å². The average molecular weight is 292 g/mol. The van der Waals surface area contributed by atoms with Gasteiger partial charge >= 0.3 is 0 Å². The summed E-state index contributed by atoms with van der Waals surface area (Å²) in [6, 6.07) is 4.75. The third kappa shape index (κ3) is 4.72. The van der Waals surface area contributed by atoms with Crippen LogP contribution in [0.2, 0.25) is 10.0 Å². The third-order valence-corrected chi connectivity index (χ3v) is 2.87. The van der Waals surface area contributed by atoms with Gasteiger partial charge in [0.25, 0.3) is 5.91 Å². The summed E-state index contributed by atoms with van der Waals surface area (Å²) in [6.07, 6.45) is 0. The van der Waals surface area contributed by atoms with E-state index in [4.69, 9.17) is 33.0 Å². The van der Waals surface area contributed by atoms with E-state index < -0.39 is 5.54 Å². The highest BCUT2D eigenvalue weighted by atomic mass is 35.5. The lowest BCUT2D eigenvalue weighted by molar-refractivity contribution is -0.125. The highest BCUT2D eigenvalue weighted by Gasteiger charge is 2.19. The number of benzene rings is 1. The van der Waals surface area contributed by atoms with E-state index in [9.17, 15) is 4.79 Å². The van der Waals surface area contributed by atoms with E-state index in [0.717, 1.165) is 0 Å². The Bertz CT molecular complexity index is 435. The Hall–Kier alpha value is -0.970. The van der Waals surface area contributed by atoms with Gasteiger partial charge < -0.3 is 15.2 Å². The van der Waals surface area contributed by atoms with Gasteiger partial charge in [0.05, 0.1) is 22.2 Å². The molecule has 0 aliphatic carbocycles. The van der Waals surface area contributed by atoms with Gasteiger partial charge in [0, 0.05) is 6.07 Å². The number of aliphatic hydroxyl groups is 1. The molecule has 1 amide bonds. The quantitative estimate of drug-likeness (QED) is 0.875. The van der Waals surface area contributed by atoms with Crippen LogP contribution in [0.25, 0.3) is 0 Å². The van der Waals surface area contributed by atoms with Crippen molar-refractivity contribution in [2.75, 3.05) is 13.2 Å². The standard InChI is InChI=1S/C12H15Cl2NO3/c1-12(2,7-16)15-11(17)6-18-8-3-4-9(13)10(14)5-8/h3-5,16H,6-7H2,1-2H3,(H,15,17). The Morgan fingerprint density at radius 3 is 2.61 bits per heavy atom.